The van der Waals surface area contributed by atoms with Crippen LogP contribution in [0.2, 0.25) is 0 Å². The van der Waals surface area contributed by atoms with Gasteiger partial charge in [0, 0.05) is 11.6 Å². The number of aromatic amines is 1. The van der Waals surface area contributed by atoms with Crippen LogP contribution in [0.25, 0.3) is 17.2 Å². The standard InChI is InChI=1S/C22H24N6O2S/c1-15-24-26-21(28(15)20-13-14-23-25-20)18-7-5-6-8-19(18)27-31(29,30)17-11-9-16(10-12-17)22(2,3)4/h5-14,27H,1-4H3,(H,23,25). The van der Waals surface area contributed by atoms with E-state index in [4.69, 9.17) is 0 Å². The zero-order valence-corrected chi connectivity index (χ0v) is 18.6. The summed E-state index contributed by atoms with van der Waals surface area (Å²) in [7, 11) is -3.79. The molecule has 4 rings (SSSR count). The van der Waals surface area contributed by atoms with E-state index in [-0.39, 0.29) is 10.3 Å². The maximum absolute atomic E-state index is 13.1. The molecule has 2 aromatic heterocycles. The van der Waals surface area contributed by atoms with Gasteiger partial charge in [-0.2, -0.15) is 5.10 Å². The molecule has 0 aliphatic carbocycles. The summed E-state index contributed by atoms with van der Waals surface area (Å²) in [6, 6.07) is 15.8. The number of aromatic nitrogens is 5. The van der Waals surface area contributed by atoms with E-state index in [0.29, 0.717) is 28.7 Å². The van der Waals surface area contributed by atoms with Gasteiger partial charge in [-0.15, -0.1) is 10.2 Å². The van der Waals surface area contributed by atoms with Crippen molar-refractivity contribution in [3.63, 3.8) is 0 Å². The fourth-order valence-corrected chi connectivity index (χ4v) is 4.38. The summed E-state index contributed by atoms with van der Waals surface area (Å²) >= 11 is 0. The average Bonchev–Trinajstić information content (AvgIpc) is 3.37. The second-order valence-electron chi connectivity index (χ2n) is 8.27. The lowest BCUT2D eigenvalue weighted by Crippen LogP contribution is -2.15. The molecule has 0 unspecified atom stereocenters. The van der Waals surface area contributed by atoms with Crippen molar-refractivity contribution in [2.24, 2.45) is 0 Å². The van der Waals surface area contributed by atoms with Crippen molar-refractivity contribution < 1.29 is 8.42 Å². The maximum Gasteiger partial charge on any atom is 0.261 e. The molecule has 0 amide bonds. The lowest BCUT2D eigenvalue weighted by molar-refractivity contribution is 0.587. The lowest BCUT2D eigenvalue weighted by atomic mass is 9.87. The van der Waals surface area contributed by atoms with Gasteiger partial charge in [-0.25, -0.2) is 8.42 Å². The molecule has 0 saturated heterocycles. The number of H-pyrrole nitrogens is 1. The Morgan fingerprint density at radius 3 is 2.32 bits per heavy atom. The number of nitrogens with zero attached hydrogens (tertiary/aromatic N) is 4. The molecule has 0 atom stereocenters. The summed E-state index contributed by atoms with van der Waals surface area (Å²) in [5.74, 6) is 1.84. The van der Waals surface area contributed by atoms with Gasteiger partial charge in [0.1, 0.15) is 11.6 Å². The molecule has 0 saturated carbocycles. The van der Waals surface area contributed by atoms with Crippen molar-refractivity contribution in [2.45, 2.75) is 38.0 Å². The molecule has 0 aliphatic rings. The summed E-state index contributed by atoms with van der Waals surface area (Å²) in [4.78, 5) is 0.196. The summed E-state index contributed by atoms with van der Waals surface area (Å²) in [6.45, 7) is 8.08. The molecule has 2 heterocycles. The SMILES string of the molecule is Cc1nnc(-c2ccccc2NS(=O)(=O)c2ccc(C(C)(C)C)cc2)n1-c1ccn[nH]1. The number of rotatable bonds is 5. The first-order valence-corrected chi connectivity index (χ1v) is 11.3. The van der Waals surface area contributed by atoms with Gasteiger partial charge in [-0.1, -0.05) is 45.0 Å². The monoisotopic (exact) mass is 436 g/mol. The quantitative estimate of drug-likeness (QED) is 0.491. The summed E-state index contributed by atoms with van der Waals surface area (Å²) in [6.07, 6.45) is 1.63. The lowest BCUT2D eigenvalue weighted by Gasteiger charge is -2.19. The van der Waals surface area contributed by atoms with E-state index >= 15 is 0 Å². The predicted molar refractivity (Wildman–Crippen MR) is 120 cm³/mol. The van der Waals surface area contributed by atoms with E-state index in [2.05, 4.69) is 45.9 Å². The largest absolute Gasteiger partial charge is 0.279 e. The van der Waals surface area contributed by atoms with Crippen LogP contribution in [0.5, 0.6) is 0 Å². The fourth-order valence-electron chi connectivity index (χ4n) is 3.30. The van der Waals surface area contributed by atoms with Crippen LogP contribution in [-0.4, -0.2) is 33.4 Å². The minimum atomic E-state index is -3.79. The molecule has 160 valence electrons. The van der Waals surface area contributed by atoms with Crippen LogP contribution in [-0.2, 0) is 15.4 Å². The Kier molecular flexibility index (Phi) is 5.14. The van der Waals surface area contributed by atoms with E-state index < -0.39 is 10.0 Å². The normalized spacial score (nSPS) is 12.1. The number of hydrogen-bond donors (Lipinski definition) is 2. The van der Waals surface area contributed by atoms with Crippen molar-refractivity contribution in [1.82, 2.24) is 25.0 Å². The Labute approximate surface area is 181 Å². The highest BCUT2D eigenvalue weighted by molar-refractivity contribution is 7.92. The summed E-state index contributed by atoms with van der Waals surface area (Å²) < 4.78 is 30.7. The fraction of sp³-hybridized carbons (Fsp3) is 0.227. The van der Waals surface area contributed by atoms with Gasteiger partial charge in [0.15, 0.2) is 5.82 Å². The van der Waals surface area contributed by atoms with Gasteiger partial charge in [-0.05, 0) is 42.2 Å². The number of anilines is 1. The molecule has 0 radical (unpaired) electrons. The Morgan fingerprint density at radius 2 is 1.68 bits per heavy atom. The van der Waals surface area contributed by atoms with Crippen molar-refractivity contribution in [3.05, 3.63) is 72.2 Å². The molecular weight excluding hydrogens is 412 g/mol. The first-order valence-electron chi connectivity index (χ1n) is 9.81. The number of sulfonamides is 1. The molecular formula is C22H24N6O2S. The van der Waals surface area contributed by atoms with Crippen molar-refractivity contribution in [3.8, 4) is 17.2 Å². The van der Waals surface area contributed by atoms with E-state index in [9.17, 15) is 8.42 Å². The van der Waals surface area contributed by atoms with Crippen LogP contribution in [0.4, 0.5) is 5.69 Å². The van der Waals surface area contributed by atoms with Gasteiger partial charge < -0.3 is 0 Å². The Morgan fingerprint density at radius 1 is 0.968 bits per heavy atom. The van der Waals surface area contributed by atoms with Gasteiger partial charge in [-0.3, -0.25) is 14.4 Å². The molecule has 31 heavy (non-hydrogen) atoms. The van der Waals surface area contributed by atoms with Gasteiger partial charge in [0.05, 0.1) is 16.8 Å². The minimum Gasteiger partial charge on any atom is -0.279 e. The van der Waals surface area contributed by atoms with Gasteiger partial charge in [0.25, 0.3) is 10.0 Å². The topological polar surface area (TPSA) is 106 Å². The highest BCUT2D eigenvalue weighted by Crippen LogP contribution is 2.31. The number of benzene rings is 2. The first-order chi connectivity index (χ1) is 14.7. The highest BCUT2D eigenvalue weighted by atomic mass is 32.2. The zero-order valence-electron chi connectivity index (χ0n) is 17.8. The van der Waals surface area contributed by atoms with Crippen LogP contribution >= 0.6 is 0 Å². The Bertz CT molecular complexity index is 1300. The van der Waals surface area contributed by atoms with Crippen LogP contribution in [0.1, 0.15) is 32.2 Å². The molecule has 0 spiro atoms. The Balaban J connectivity index is 1.73. The molecule has 2 aromatic carbocycles. The first kappa shape index (κ1) is 20.8. The van der Waals surface area contributed by atoms with E-state index in [1.807, 2.05) is 25.1 Å². The van der Waals surface area contributed by atoms with Crippen molar-refractivity contribution in [1.29, 1.82) is 0 Å². The minimum absolute atomic E-state index is 0.0586. The average molecular weight is 437 g/mol. The summed E-state index contributed by atoms with van der Waals surface area (Å²) in [5.41, 5.74) is 2.02. The predicted octanol–water partition coefficient (Wildman–Crippen LogP) is 4.06. The zero-order chi connectivity index (χ0) is 22.2. The maximum atomic E-state index is 13.1. The number of para-hydroxylation sites is 1. The molecule has 4 aromatic rings. The van der Waals surface area contributed by atoms with Crippen LogP contribution in [0.3, 0.4) is 0 Å². The van der Waals surface area contributed by atoms with Crippen LogP contribution in [0, 0.1) is 6.92 Å². The molecule has 0 aliphatic heterocycles. The molecule has 0 fully saturated rings. The van der Waals surface area contributed by atoms with Gasteiger partial charge >= 0.3 is 0 Å². The smallest absolute Gasteiger partial charge is 0.261 e. The number of hydrogen-bond acceptors (Lipinski definition) is 5. The summed E-state index contributed by atoms with van der Waals surface area (Å²) in [5, 5.41) is 15.3. The molecule has 0 bridgehead atoms. The van der Waals surface area contributed by atoms with Crippen molar-refractivity contribution >= 4 is 15.7 Å². The van der Waals surface area contributed by atoms with Gasteiger partial charge in [0.2, 0.25) is 0 Å². The second-order valence-corrected chi connectivity index (χ2v) is 9.96. The molecule has 8 nitrogen and oxygen atoms in total. The third-order valence-electron chi connectivity index (χ3n) is 4.99. The van der Waals surface area contributed by atoms with E-state index in [0.717, 1.165) is 5.56 Å². The Hall–Kier alpha value is -3.46. The number of aryl methyl sites for hydroxylation is 1. The highest BCUT2D eigenvalue weighted by Gasteiger charge is 2.21. The van der Waals surface area contributed by atoms with Crippen LogP contribution in [0.15, 0.2) is 65.7 Å². The second kappa shape index (κ2) is 7.66. The number of nitrogens with one attached hydrogen (secondary N) is 2. The molecule has 2 N–H and O–H groups in total. The third kappa shape index (κ3) is 4.09. The van der Waals surface area contributed by atoms with E-state index in [1.54, 1.807) is 47.2 Å². The molecule has 9 heteroatoms. The van der Waals surface area contributed by atoms with E-state index in [1.165, 1.54) is 0 Å². The van der Waals surface area contributed by atoms with Crippen LogP contribution < -0.4 is 4.72 Å². The third-order valence-corrected chi connectivity index (χ3v) is 6.38. The van der Waals surface area contributed by atoms with Crippen molar-refractivity contribution in [2.75, 3.05) is 4.72 Å².